The number of carboxylic acids is 1. The zero-order chi connectivity index (χ0) is 13.3. The van der Waals surface area contributed by atoms with Crippen LogP contribution >= 0.6 is 0 Å². The summed E-state index contributed by atoms with van der Waals surface area (Å²) in [6.45, 7) is 0. The Labute approximate surface area is 127 Å². The Morgan fingerprint density at radius 3 is 2.17 bits per heavy atom. The molecule has 0 aliphatic carbocycles. The van der Waals surface area contributed by atoms with Crippen LogP contribution in [-0.2, 0) is 9.59 Å². The molecule has 0 aromatic heterocycles. The number of aliphatic carboxylic acids is 1. The molecule has 0 spiro atoms. The van der Waals surface area contributed by atoms with E-state index in [0.717, 1.165) is 19.3 Å². The smallest absolute Gasteiger partial charge is 0.857 e. The molecule has 0 saturated carbocycles. The van der Waals surface area contributed by atoms with Gasteiger partial charge in [0.25, 0.3) is 0 Å². The Kier molecular flexibility index (Phi) is 11.4. The van der Waals surface area contributed by atoms with Crippen LogP contribution in [0.1, 0.15) is 0 Å². The topological polar surface area (TPSA) is 115 Å². The molecule has 0 bridgehead atoms. The first-order valence-corrected chi connectivity index (χ1v) is 4.56. The molecule has 0 atom stereocenters. The largest absolute Gasteiger partial charge is 1.00 e. The summed E-state index contributed by atoms with van der Waals surface area (Å²) in [6, 6.07) is 6.52. The molecule has 1 amide bonds. The molecule has 0 radical (unpaired) electrons. The molecular formula is C11H13N2NaO4. The first kappa shape index (κ1) is 19.0. The number of benzene rings is 1. The molecule has 4 N–H and O–H groups in total. The molecule has 1 aromatic rings. The van der Waals surface area contributed by atoms with E-state index in [9.17, 15) is 9.59 Å². The maximum atomic E-state index is 11.1. The predicted octanol–water partition coefficient (Wildman–Crippen LogP) is -3.17. The Morgan fingerprint density at radius 1 is 1.22 bits per heavy atom. The minimum Gasteiger partial charge on any atom is -0.857 e. The van der Waals surface area contributed by atoms with Crippen LogP contribution in [0.5, 0.6) is 0 Å². The fourth-order valence-corrected chi connectivity index (χ4v) is 0.897. The van der Waals surface area contributed by atoms with Crippen molar-refractivity contribution in [2.75, 3.05) is 18.2 Å². The first-order valence-electron chi connectivity index (χ1n) is 4.56. The zero-order valence-electron chi connectivity index (χ0n) is 10.2. The molecule has 0 aliphatic rings. The van der Waals surface area contributed by atoms with Crippen LogP contribution < -0.4 is 45.7 Å². The summed E-state index contributed by atoms with van der Waals surface area (Å²) < 4.78 is 0. The standard InChI is InChI=1S/C10H10N2O3.CH3O.Na/c11-7-1-3-8(4-2-7)12-9(13)5-6-10(14)15;1-2;/h1-6H,11H2,(H,12,13)(H,14,15);1H3;/q;-1;+1/b6-5-;;. The van der Waals surface area contributed by atoms with Crippen molar-refractivity contribution in [2.45, 2.75) is 0 Å². The normalized spacial score (nSPS) is 8.78. The molecule has 0 aliphatic heterocycles. The number of nitrogens with two attached hydrogens (primary N) is 1. The van der Waals surface area contributed by atoms with Gasteiger partial charge in [0.05, 0.1) is 0 Å². The minimum absolute atomic E-state index is 0. The van der Waals surface area contributed by atoms with Crippen LogP contribution in [-0.4, -0.2) is 24.1 Å². The summed E-state index contributed by atoms with van der Waals surface area (Å²) >= 11 is 0. The molecule has 0 heterocycles. The molecule has 92 valence electrons. The second-order valence-electron chi connectivity index (χ2n) is 2.78. The van der Waals surface area contributed by atoms with Crippen LogP contribution in [0.15, 0.2) is 36.4 Å². The number of hydrogen-bond acceptors (Lipinski definition) is 4. The summed E-state index contributed by atoms with van der Waals surface area (Å²) in [6.07, 6.45) is 1.71. The van der Waals surface area contributed by atoms with Gasteiger partial charge in [0.15, 0.2) is 0 Å². The molecule has 1 rings (SSSR count). The van der Waals surface area contributed by atoms with E-state index in [2.05, 4.69) is 5.32 Å². The number of hydrogen-bond donors (Lipinski definition) is 3. The van der Waals surface area contributed by atoms with E-state index in [1.807, 2.05) is 0 Å². The number of nitrogens with one attached hydrogen (secondary N) is 1. The average molecular weight is 260 g/mol. The number of amides is 1. The van der Waals surface area contributed by atoms with Crippen molar-refractivity contribution in [1.82, 2.24) is 0 Å². The maximum Gasteiger partial charge on any atom is 1.00 e. The van der Waals surface area contributed by atoms with E-state index in [0.29, 0.717) is 11.4 Å². The Hall–Kier alpha value is -1.34. The Balaban J connectivity index is 0. The van der Waals surface area contributed by atoms with Crippen LogP contribution in [0.25, 0.3) is 0 Å². The van der Waals surface area contributed by atoms with Gasteiger partial charge in [-0.1, -0.05) is 0 Å². The molecule has 18 heavy (non-hydrogen) atoms. The molecule has 1 aromatic carbocycles. The number of rotatable bonds is 3. The van der Waals surface area contributed by atoms with E-state index < -0.39 is 11.9 Å². The van der Waals surface area contributed by atoms with E-state index in [-0.39, 0.29) is 29.6 Å². The molecule has 0 unspecified atom stereocenters. The first-order chi connectivity index (χ1) is 8.08. The van der Waals surface area contributed by atoms with Gasteiger partial charge in [-0.05, 0) is 24.3 Å². The van der Waals surface area contributed by atoms with Gasteiger partial charge in [-0.2, -0.15) is 7.11 Å². The number of carboxylic acid groups (broad SMARTS) is 1. The predicted molar refractivity (Wildman–Crippen MR) is 62.2 cm³/mol. The number of nitrogen functional groups attached to an aromatic ring is 1. The minimum atomic E-state index is -1.16. The maximum absolute atomic E-state index is 11.1. The van der Waals surface area contributed by atoms with Gasteiger partial charge in [-0.15, -0.1) is 0 Å². The van der Waals surface area contributed by atoms with Gasteiger partial charge >= 0.3 is 35.5 Å². The Morgan fingerprint density at radius 2 is 1.72 bits per heavy atom. The SMILES string of the molecule is C[O-].Nc1ccc(NC(=O)/C=C\C(=O)O)cc1.[Na+]. The van der Waals surface area contributed by atoms with Crippen molar-refractivity contribution in [3.05, 3.63) is 36.4 Å². The molecule has 7 heteroatoms. The average Bonchev–Trinajstić information content (AvgIpc) is 2.32. The summed E-state index contributed by atoms with van der Waals surface area (Å²) in [5.74, 6) is -1.66. The second-order valence-corrected chi connectivity index (χ2v) is 2.78. The van der Waals surface area contributed by atoms with Crippen molar-refractivity contribution >= 4 is 23.3 Å². The van der Waals surface area contributed by atoms with Gasteiger partial charge < -0.3 is 21.3 Å². The van der Waals surface area contributed by atoms with Gasteiger partial charge in [0.1, 0.15) is 0 Å². The fourth-order valence-electron chi connectivity index (χ4n) is 0.897. The van der Waals surface area contributed by atoms with Gasteiger partial charge in [-0.25, -0.2) is 4.79 Å². The van der Waals surface area contributed by atoms with E-state index in [1.165, 1.54) is 0 Å². The third-order valence-corrected chi connectivity index (χ3v) is 1.56. The van der Waals surface area contributed by atoms with Crippen molar-refractivity contribution in [3.63, 3.8) is 0 Å². The molecule has 6 nitrogen and oxygen atoms in total. The zero-order valence-corrected chi connectivity index (χ0v) is 12.2. The van der Waals surface area contributed by atoms with E-state index in [1.54, 1.807) is 24.3 Å². The Bertz CT molecular complexity index is 404. The van der Waals surface area contributed by atoms with Gasteiger partial charge in [0, 0.05) is 23.5 Å². The van der Waals surface area contributed by atoms with Crippen LogP contribution in [0.2, 0.25) is 0 Å². The quantitative estimate of drug-likeness (QED) is 0.301. The van der Waals surface area contributed by atoms with Crippen LogP contribution in [0.4, 0.5) is 11.4 Å². The van der Waals surface area contributed by atoms with Crippen molar-refractivity contribution in [1.29, 1.82) is 0 Å². The fraction of sp³-hybridized carbons (Fsp3) is 0.0909. The second kappa shape index (κ2) is 10.8. The third-order valence-electron chi connectivity index (χ3n) is 1.56. The summed E-state index contributed by atoms with van der Waals surface area (Å²) in [5.41, 5.74) is 6.60. The van der Waals surface area contributed by atoms with Crippen molar-refractivity contribution < 1.29 is 49.4 Å². The number of carbonyl (C=O) groups excluding carboxylic acids is 1. The summed E-state index contributed by atoms with van der Waals surface area (Å²) in [4.78, 5) is 21.2. The summed E-state index contributed by atoms with van der Waals surface area (Å²) in [7, 11) is 0.750. The van der Waals surface area contributed by atoms with E-state index in [4.69, 9.17) is 15.9 Å². The molecule has 0 saturated heterocycles. The molecule has 0 fully saturated rings. The number of anilines is 2. The van der Waals surface area contributed by atoms with Crippen molar-refractivity contribution in [3.8, 4) is 0 Å². The van der Waals surface area contributed by atoms with Gasteiger partial charge in [0.2, 0.25) is 5.91 Å². The van der Waals surface area contributed by atoms with Crippen LogP contribution in [0.3, 0.4) is 0 Å². The van der Waals surface area contributed by atoms with Crippen molar-refractivity contribution in [2.24, 2.45) is 0 Å². The third kappa shape index (κ3) is 8.77. The van der Waals surface area contributed by atoms with Gasteiger partial charge in [-0.3, -0.25) is 4.79 Å². The van der Waals surface area contributed by atoms with E-state index >= 15 is 0 Å². The molecular weight excluding hydrogens is 247 g/mol. The monoisotopic (exact) mass is 260 g/mol. The summed E-state index contributed by atoms with van der Waals surface area (Å²) in [5, 5.41) is 19.0. The number of carbonyl (C=O) groups is 2. The van der Waals surface area contributed by atoms with Crippen LogP contribution in [0, 0.1) is 0 Å².